The Hall–Kier alpha value is -3.28. The second kappa shape index (κ2) is 14.8. The summed E-state index contributed by atoms with van der Waals surface area (Å²) in [6, 6.07) is 18.5. The van der Waals surface area contributed by atoms with Crippen LogP contribution in [0.25, 0.3) is 11.1 Å². The molecule has 0 bridgehead atoms. The van der Waals surface area contributed by atoms with Crippen molar-refractivity contribution in [2.75, 3.05) is 26.2 Å². The van der Waals surface area contributed by atoms with Gasteiger partial charge in [0.25, 0.3) is 0 Å². The summed E-state index contributed by atoms with van der Waals surface area (Å²) < 4.78 is 5.75. The van der Waals surface area contributed by atoms with E-state index in [2.05, 4.69) is 18.7 Å². The Labute approximate surface area is 203 Å². The van der Waals surface area contributed by atoms with Gasteiger partial charge in [-0.05, 0) is 42.8 Å². The van der Waals surface area contributed by atoms with Crippen LogP contribution in [0, 0.1) is 0 Å². The third kappa shape index (κ3) is 9.30. The average Bonchev–Trinajstić information content (AvgIpc) is 2.78. The van der Waals surface area contributed by atoms with Crippen LogP contribution in [0.5, 0.6) is 23.0 Å². The number of carboxylic acids is 1. The number of benzene rings is 3. The average molecular weight is 488 g/mol. The molecule has 0 spiro atoms. The lowest BCUT2D eigenvalue weighted by atomic mass is 10.0. The van der Waals surface area contributed by atoms with E-state index in [1.54, 1.807) is 12.1 Å². The Bertz CT molecular complexity index is 979. The molecular formula is C26H34NO6P. The van der Waals surface area contributed by atoms with Gasteiger partial charge in [0.2, 0.25) is 0 Å². The van der Waals surface area contributed by atoms with Gasteiger partial charge < -0.3 is 30.1 Å². The minimum Gasteiger partial charge on any atom is -0.508 e. The summed E-state index contributed by atoms with van der Waals surface area (Å²) in [5.41, 5.74) is 2.07. The van der Waals surface area contributed by atoms with Gasteiger partial charge in [-0.1, -0.05) is 50.2 Å². The standard InChI is InChI=1S/C20H25NO3.C6H6O3.H3P/c1-3-12-21(4-2)13-14-24-19-11-10-17(15-18(19)20(22)23)16-8-6-5-7-9-16;7-4-1-5(8)3-6(9)2-4;/h5-11,15H,3-4,12-14H2,1-2H3,(H,22,23);1-3,7-9H;1H3. The van der Waals surface area contributed by atoms with Crippen molar-refractivity contribution in [3.8, 4) is 34.1 Å². The fourth-order valence-electron chi connectivity index (χ4n) is 3.24. The van der Waals surface area contributed by atoms with Crippen LogP contribution < -0.4 is 4.74 Å². The second-order valence-electron chi connectivity index (χ2n) is 7.37. The molecule has 184 valence electrons. The predicted molar refractivity (Wildman–Crippen MR) is 139 cm³/mol. The summed E-state index contributed by atoms with van der Waals surface area (Å²) in [5.74, 6) is -0.981. The molecule has 7 nitrogen and oxygen atoms in total. The number of aromatic hydroxyl groups is 3. The van der Waals surface area contributed by atoms with Crippen molar-refractivity contribution >= 4 is 15.9 Å². The van der Waals surface area contributed by atoms with E-state index in [0.29, 0.717) is 12.4 Å². The van der Waals surface area contributed by atoms with Crippen LogP contribution in [-0.4, -0.2) is 57.5 Å². The number of aromatic carboxylic acids is 1. The number of nitrogens with zero attached hydrogens (tertiary/aromatic N) is 1. The number of phenolic OH excluding ortho intramolecular Hbond substituents is 3. The van der Waals surface area contributed by atoms with Crippen LogP contribution in [0.15, 0.2) is 66.7 Å². The number of carbonyl (C=O) groups is 1. The zero-order valence-corrected chi connectivity index (χ0v) is 21.1. The number of rotatable bonds is 9. The van der Waals surface area contributed by atoms with Gasteiger partial charge in [-0.25, -0.2) is 4.79 Å². The highest BCUT2D eigenvalue weighted by molar-refractivity contribution is 6.92. The zero-order valence-electron chi connectivity index (χ0n) is 19.6. The first-order chi connectivity index (χ1) is 15.8. The quantitative estimate of drug-likeness (QED) is 0.314. The monoisotopic (exact) mass is 487 g/mol. The number of ether oxygens (including phenoxy) is 1. The first-order valence-corrected chi connectivity index (χ1v) is 10.8. The summed E-state index contributed by atoms with van der Waals surface area (Å²) in [6.07, 6.45) is 1.10. The van der Waals surface area contributed by atoms with E-state index in [0.717, 1.165) is 55.4 Å². The molecule has 0 amide bonds. The summed E-state index contributed by atoms with van der Waals surface area (Å²) in [4.78, 5) is 13.9. The molecule has 0 saturated carbocycles. The Morgan fingerprint density at radius 3 is 1.91 bits per heavy atom. The first-order valence-electron chi connectivity index (χ1n) is 10.8. The van der Waals surface area contributed by atoms with E-state index < -0.39 is 5.97 Å². The fraction of sp³-hybridized carbons (Fsp3) is 0.269. The molecule has 0 radical (unpaired) electrons. The van der Waals surface area contributed by atoms with Gasteiger partial charge in [-0.15, -0.1) is 0 Å². The van der Waals surface area contributed by atoms with E-state index in [1.165, 1.54) is 0 Å². The Balaban J connectivity index is 0.000000486. The van der Waals surface area contributed by atoms with Crippen molar-refractivity contribution in [1.29, 1.82) is 0 Å². The van der Waals surface area contributed by atoms with Gasteiger partial charge in [0, 0.05) is 24.7 Å². The number of phenols is 3. The van der Waals surface area contributed by atoms with Crippen LogP contribution in [0.4, 0.5) is 0 Å². The Kier molecular flexibility index (Phi) is 12.5. The van der Waals surface area contributed by atoms with Crippen molar-refractivity contribution in [2.45, 2.75) is 20.3 Å². The SMILES string of the molecule is CCCN(CC)CCOc1ccc(-c2ccccc2)cc1C(=O)O.Oc1cc(O)cc(O)c1.P. The second-order valence-corrected chi connectivity index (χ2v) is 7.37. The van der Waals surface area contributed by atoms with E-state index in [-0.39, 0.29) is 32.7 Å². The van der Waals surface area contributed by atoms with E-state index in [1.807, 2.05) is 36.4 Å². The highest BCUT2D eigenvalue weighted by Gasteiger charge is 2.13. The topological polar surface area (TPSA) is 110 Å². The molecule has 1 unspecified atom stereocenters. The van der Waals surface area contributed by atoms with E-state index >= 15 is 0 Å². The molecule has 0 fully saturated rings. The maximum atomic E-state index is 11.6. The normalized spacial score (nSPS) is 10.1. The van der Waals surface area contributed by atoms with Crippen molar-refractivity contribution in [2.24, 2.45) is 0 Å². The van der Waals surface area contributed by atoms with E-state index in [4.69, 9.17) is 20.1 Å². The minimum absolute atomic E-state index is 0. The van der Waals surface area contributed by atoms with Gasteiger partial charge in [0.1, 0.15) is 35.2 Å². The van der Waals surface area contributed by atoms with Crippen molar-refractivity contribution in [1.82, 2.24) is 4.90 Å². The zero-order chi connectivity index (χ0) is 24.2. The Morgan fingerprint density at radius 1 is 0.824 bits per heavy atom. The number of carboxylic acid groups (broad SMARTS) is 1. The van der Waals surface area contributed by atoms with Gasteiger partial charge in [-0.3, -0.25) is 0 Å². The minimum atomic E-state index is -0.969. The maximum Gasteiger partial charge on any atom is 0.339 e. The molecule has 3 aromatic rings. The molecule has 3 rings (SSSR count). The van der Waals surface area contributed by atoms with E-state index in [9.17, 15) is 9.90 Å². The number of hydrogen-bond acceptors (Lipinski definition) is 6. The summed E-state index contributed by atoms with van der Waals surface area (Å²) in [5, 5.41) is 35.5. The third-order valence-corrected chi connectivity index (χ3v) is 4.86. The molecule has 0 aliphatic rings. The smallest absolute Gasteiger partial charge is 0.339 e. The molecule has 8 heteroatoms. The molecule has 1 atom stereocenters. The molecule has 4 N–H and O–H groups in total. The van der Waals surface area contributed by atoms with Crippen LogP contribution >= 0.6 is 9.90 Å². The lowest BCUT2D eigenvalue weighted by Crippen LogP contribution is -2.29. The van der Waals surface area contributed by atoms with Crippen molar-refractivity contribution in [3.05, 3.63) is 72.3 Å². The number of likely N-dealkylation sites (N-methyl/N-ethyl adjacent to an activating group) is 1. The largest absolute Gasteiger partial charge is 0.508 e. The molecule has 0 saturated heterocycles. The van der Waals surface area contributed by atoms with Gasteiger partial charge >= 0.3 is 5.97 Å². The lowest BCUT2D eigenvalue weighted by Gasteiger charge is -2.20. The van der Waals surface area contributed by atoms with Gasteiger partial charge in [0.15, 0.2) is 0 Å². The summed E-state index contributed by atoms with van der Waals surface area (Å²) in [7, 11) is 0. The van der Waals surface area contributed by atoms with Crippen LogP contribution in [0.3, 0.4) is 0 Å². The van der Waals surface area contributed by atoms with Gasteiger partial charge in [0.05, 0.1) is 0 Å². The van der Waals surface area contributed by atoms with Crippen LogP contribution in [-0.2, 0) is 0 Å². The molecule has 0 aliphatic carbocycles. The lowest BCUT2D eigenvalue weighted by molar-refractivity contribution is 0.0691. The first kappa shape index (κ1) is 28.8. The maximum absolute atomic E-state index is 11.6. The highest BCUT2D eigenvalue weighted by Crippen LogP contribution is 2.27. The molecule has 34 heavy (non-hydrogen) atoms. The molecule has 0 heterocycles. The van der Waals surface area contributed by atoms with Crippen molar-refractivity contribution < 1.29 is 30.0 Å². The fourth-order valence-corrected chi connectivity index (χ4v) is 3.24. The van der Waals surface area contributed by atoms with Crippen molar-refractivity contribution in [3.63, 3.8) is 0 Å². The summed E-state index contributed by atoms with van der Waals surface area (Å²) >= 11 is 0. The Morgan fingerprint density at radius 2 is 1.41 bits per heavy atom. The predicted octanol–water partition coefficient (Wildman–Crippen LogP) is 5.02. The van der Waals surface area contributed by atoms with Crippen LogP contribution in [0.1, 0.15) is 30.6 Å². The summed E-state index contributed by atoms with van der Waals surface area (Å²) in [6.45, 7) is 7.54. The molecule has 0 aliphatic heterocycles. The van der Waals surface area contributed by atoms with Gasteiger partial charge in [-0.2, -0.15) is 9.90 Å². The molecular weight excluding hydrogens is 453 g/mol. The highest BCUT2D eigenvalue weighted by atomic mass is 31.0. The third-order valence-electron chi connectivity index (χ3n) is 4.86. The number of hydrogen-bond donors (Lipinski definition) is 4. The molecule has 0 aromatic heterocycles. The molecule has 3 aromatic carbocycles. The van der Waals surface area contributed by atoms with Crippen LogP contribution in [0.2, 0.25) is 0 Å².